The molecule has 1 aliphatic rings. The topological polar surface area (TPSA) is 12.4 Å². The Labute approximate surface area is 131 Å². The molecule has 4 rings (SSSR count). The quantitative estimate of drug-likeness (QED) is 0.662. The minimum Gasteiger partial charge on any atom is -0.268 e. The van der Waals surface area contributed by atoms with Crippen LogP contribution in [0.5, 0.6) is 0 Å². The average molecular weight is 283 g/mol. The Morgan fingerprint density at radius 1 is 0.636 bits per heavy atom. The van der Waals surface area contributed by atoms with Crippen molar-refractivity contribution in [2.24, 2.45) is 4.99 Å². The maximum atomic E-state index is 4.94. The van der Waals surface area contributed by atoms with Crippen LogP contribution in [0.25, 0.3) is 0 Å². The van der Waals surface area contributed by atoms with E-state index in [-0.39, 0.29) is 5.54 Å². The van der Waals surface area contributed by atoms with Crippen molar-refractivity contribution in [1.29, 1.82) is 0 Å². The van der Waals surface area contributed by atoms with Crippen LogP contribution in [0.1, 0.15) is 16.7 Å². The molecular formula is C21H17N. The Kier molecular flexibility index (Phi) is 3.12. The standard InChI is InChI=1S/C21H17N/c1-4-10-17(11-5-1)16-21(19-14-8-3-9-15-19)20(22-21)18-12-6-2-7-13-18/h1-15H,16H2. The summed E-state index contributed by atoms with van der Waals surface area (Å²) in [6.45, 7) is 0. The molecule has 1 atom stereocenters. The van der Waals surface area contributed by atoms with Gasteiger partial charge in [0, 0.05) is 6.42 Å². The summed E-state index contributed by atoms with van der Waals surface area (Å²) in [5, 5.41) is 0. The summed E-state index contributed by atoms with van der Waals surface area (Å²) in [4.78, 5) is 4.94. The van der Waals surface area contributed by atoms with Gasteiger partial charge in [-0.3, -0.25) is 4.99 Å². The van der Waals surface area contributed by atoms with Gasteiger partial charge < -0.3 is 0 Å². The molecule has 0 saturated heterocycles. The summed E-state index contributed by atoms with van der Waals surface area (Å²) in [5.41, 5.74) is 4.83. The van der Waals surface area contributed by atoms with Gasteiger partial charge in [0.05, 0.1) is 5.71 Å². The molecule has 1 heteroatoms. The molecular weight excluding hydrogens is 266 g/mol. The number of nitrogens with zero attached hydrogens (tertiary/aromatic N) is 1. The lowest BCUT2D eigenvalue weighted by molar-refractivity contribution is 0.704. The molecule has 0 aromatic heterocycles. The van der Waals surface area contributed by atoms with Gasteiger partial charge in [0.2, 0.25) is 0 Å². The van der Waals surface area contributed by atoms with E-state index in [1.54, 1.807) is 0 Å². The van der Waals surface area contributed by atoms with E-state index in [4.69, 9.17) is 4.99 Å². The first-order chi connectivity index (χ1) is 10.9. The number of benzene rings is 3. The van der Waals surface area contributed by atoms with Gasteiger partial charge in [0.1, 0.15) is 5.54 Å². The van der Waals surface area contributed by atoms with Crippen LogP contribution >= 0.6 is 0 Å². The Morgan fingerprint density at radius 3 is 1.82 bits per heavy atom. The Morgan fingerprint density at radius 2 is 1.18 bits per heavy atom. The van der Waals surface area contributed by atoms with E-state index >= 15 is 0 Å². The number of hydrogen-bond donors (Lipinski definition) is 0. The molecule has 1 unspecified atom stereocenters. The van der Waals surface area contributed by atoms with Gasteiger partial charge in [-0.25, -0.2) is 0 Å². The van der Waals surface area contributed by atoms with Gasteiger partial charge in [0.25, 0.3) is 0 Å². The summed E-state index contributed by atoms with van der Waals surface area (Å²) in [7, 11) is 0. The second-order valence-electron chi connectivity index (χ2n) is 5.72. The van der Waals surface area contributed by atoms with E-state index in [1.807, 2.05) is 6.07 Å². The fourth-order valence-corrected chi connectivity index (χ4v) is 3.09. The summed E-state index contributed by atoms with van der Waals surface area (Å²) < 4.78 is 0. The molecule has 0 aliphatic carbocycles. The molecule has 0 amide bonds. The number of rotatable bonds is 4. The highest BCUT2D eigenvalue weighted by atomic mass is 15.0. The van der Waals surface area contributed by atoms with Gasteiger partial charge in [-0.05, 0) is 16.7 Å². The predicted molar refractivity (Wildman–Crippen MR) is 91.2 cm³/mol. The van der Waals surface area contributed by atoms with Crippen molar-refractivity contribution in [2.45, 2.75) is 12.0 Å². The second kappa shape index (κ2) is 5.27. The zero-order valence-corrected chi connectivity index (χ0v) is 12.3. The third kappa shape index (κ3) is 2.25. The Balaban J connectivity index is 1.72. The van der Waals surface area contributed by atoms with Crippen LogP contribution < -0.4 is 0 Å². The van der Waals surface area contributed by atoms with E-state index in [0.717, 1.165) is 6.42 Å². The van der Waals surface area contributed by atoms with Crippen LogP contribution in [0.2, 0.25) is 0 Å². The van der Waals surface area contributed by atoms with E-state index in [0.29, 0.717) is 0 Å². The van der Waals surface area contributed by atoms with Crippen molar-refractivity contribution < 1.29 is 0 Å². The van der Waals surface area contributed by atoms with E-state index in [2.05, 4.69) is 84.9 Å². The van der Waals surface area contributed by atoms with Crippen molar-refractivity contribution in [3.8, 4) is 0 Å². The lowest BCUT2D eigenvalue weighted by Crippen LogP contribution is -2.20. The second-order valence-corrected chi connectivity index (χ2v) is 5.72. The molecule has 0 bridgehead atoms. The summed E-state index contributed by atoms with van der Waals surface area (Å²) in [6, 6.07) is 31.7. The van der Waals surface area contributed by atoms with Crippen molar-refractivity contribution in [2.75, 3.05) is 0 Å². The van der Waals surface area contributed by atoms with Gasteiger partial charge in [0.15, 0.2) is 0 Å². The zero-order chi connectivity index (χ0) is 14.8. The largest absolute Gasteiger partial charge is 0.268 e. The van der Waals surface area contributed by atoms with Crippen LogP contribution in [0.15, 0.2) is 96.0 Å². The molecule has 1 heterocycles. The number of hydrogen-bond acceptors (Lipinski definition) is 1. The van der Waals surface area contributed by atoms with E-state index < -0.39 is 0 Å². The van der Waals surface area contributed by atoms with Gasteiger partial charge in [-0.1, -0.05) is 91.0 Å². The molecule has 1 nitrogen and oxygen atoms in total. The third-order valence-electron chi connectivity index (χ3n) is 4.25. The fraction of sp³-hybridized carbons (Fsp3) is 0.0952. The predicted octanol–water partition coefficient (Wildman–Crippen LogP) is 4.63. The van der Waals surface area contributed by atoms with Gasteiger partial charge >= 0.3 is 0 Å². The first-order valence-electron chi connectivity index (χ1n) is 7.64. The average Bonchev–Trinajstić information content (AvgIpc) is 3.33. The van der Waals surface area contributed by atoms with Gasteiger partial charge in [-0.15, -0.1) is 0 Å². The summed E-state index contributed by atoms with van der Waals surface area (Å²) >= 11 is 0. The minimum atomic E-state index is -0.191. The molecule has 3 aromatic carbocycles. The van der Waals surface area contributed by atoms with Crippen LogP contribution in [0.4, 0.5) is 0 Å². The van der Waals surface area contributed by atoms with E-state index in [1.165, 1.54) is 22.4 Å². The monoisotopic (exact) mass is 283 g/mol. The maximum absolute atomic E-state index is 4.94. The molecule has 0 saturated carbocycles. The third-order valence-corrected chi connectivity index (χ3v) is 4.25. The van der Waals surface area contributed by atoms with Crippen LogP contribution in [0.3, 0.4) is 0 Å². The smallest absolute Gasteiger partial charge is 0.132 e. The molecule has 3 aromatic rings. The SMILES string of the molecule is c1ccc(CC2(c3ccccc3)N=C2c2ccccc2)cc1. The highest BCUT2D eigenvalue weighted by Gasteiger charge is 2.48. The summed E-state index contributed by atoms with van der Waals surface area (Å²) in [6.07, 6.45) is 0.919. The zero-order valence-electron chi connectivity index (χ0n) is 12.3. The molecule has 106 valence electrons. The molecule has 22 heavy (non-hydrogen) atoms. The first kappa shape index (κ1) is 13.0. The normalized spacial score (nSPS) is 19.5. The number of aliphatic imine (C=N–C) groups is 1. The lowest BCUT2D eigenvalue weighted by atomic mass is 9.85. The molecule has 0 fully saturated rings. The highest BCUT2D eigenvalue weighted by molar-refractivity contribution is 6.17. The maximum Gasteiger partial charge on any atom is 0.132 e. The van der Waals surface area contributed by atoms with Crippen LogP contribution in [-0.4, -0.2) is 5.71 Å². The molecule has 0 spiro atoms. The van der Waals surface area contributed by atoms with Crippen molar-refractivity contribution in [3.05, 3.63) is 108 Å². The molecule has 0 N–H and O–H groups in total. The van der Waals surface area contributed by atoms with Crippen LogP contribution in [-0.2, 0) is 12.0 Å². The van der Waals surface area contributed by atoms with E-state index in [9.17, 15) is 0 Å². The lowest BCUT2D eigenvalue weighted by Gasteiger charge is -2.16. The Hall–Kier alpha value is -2.67. The van der Waals surface area contributed by atoms with Crippen LogP contribution in [0, 0.1) is 0 Å². The summed E-state index contributed by atoms with van der Waals surface area (Å²) in [5.74, 6) is 0. The first-order valence-corrected chi connectivity index (χ1v) is 7.64. The minimum absolute atomic E-state index is 0.191. The Bertz CT molecular complexity index is 791. The molecule has 0 radical (unpaired) electrons. The van der Waals surface area contributed by atoms with Crippen molar-refractivity contribution in [3.63, 3.8) is 0 Å². The van der Waals surface area contributed by atoms with Crippen molar-refractivity contribution >= 4 is 5.71 Å². The molecule has 1 aliphatic heterocycles. The fourth-order valence-electron chi connectivity index (χ4n) is 3.09. The van der Waals surface area contributed by atoms with Gasteiger partial charge in [-0.2, -0.15) is 0 Å². The highest BCUT2D eigenvalue weighted by Crippen LogP contribution is 2.45. The van der Waals surface area contributed by atoms with Crippen molar-refractivity contribution in [1.82, 2.24) is 0 Å².